The van der Waals surface area contributed by atoms with E-state index in [1.54, 1.807) is 18.2 Å². The predicted octanol–water partition coefficient (Wildman–Crippen LogP) is 4.07. The molecule has 8 heteroatoms. The first-order valence-electron chi connectivity index (χ1n) is 8.13. The fourth-order valence-electron chi connectivity index (χ4n) is 2.47. The van der Waals surface area contributed by atoms with Crippen molar-refractivity contribution in [1.82, 2.24) is 5.32 Å². The summed E-state index contributed by atoms with van der Waals surface area (Å²) in [6, 6.07) is 11.5. The molecule has 0 radical (unpaired) electrons. The zero-order valence-corrected chi connectivity index (χ0v) is 15.3. The lowest BCUT2D eigenvalue weighted by Crippen LogP contribution is -2.40. The summed E-state index contributed by atoms with van der Waals surface area (Å²) >= 11 is 5.89. The molecule has 27 heavy (non-hydrogen) atoms. The number of nitrogens with one attached hydrogen (secondary N) is 1. The Bertz CT molecular complexity index is 825. The minimum atomic E-state index is -4.53. The second kappa shape index (κ2) is 8.90. The summed E-state index contributed by atoms with van der Waals surface area (Å²) in [4.78, 5) is 24.9. The van der Waals surface area contributed by atoms with Crippen molar-refractivity contribution >= 4 is 29.1 Å². The summed E-state index contributed by atoms with van der Waals surface area (Å²) in [7, 11) is 0. The lowest BCUT2D eigenvalue weighted by atomic mass is 10.1. The molecule has 2 rings (SSSR count). The normalized spacial score (nSPS) is 11.1. The molecular weight excluding hydrogens is 381 g/mol. The number of amides is 2. The fraction of sp³-hybridized carbons (Fsp3) is 0.263. The van der Waals surface area contributed by atoms with Gasteiger partial charge in [0.25, 0.3) is 0 Å². The maximum Gasteiger partial charge on any atom is 0.416 e. The summed E-state index contributed by atoms with van der Waals surface area (Å²) in [5, 5.41) is 3.24. The molecule has 0 fully saturated rings. The second-order valence-corrected chi connectivity index (χ2v) is 6.32. The number of nitrogens with zero attached hydrogens (tertiary/aromatic N) is 1. The quantitative estimate of drug-likeness (QED) is 0.797. The van der Waals surface area contributed by atoms with E-state index >= 15 is 0 Å². The van der Waals surface area contributed by atoms with Crippen LogP contribution < -0.4 is 10.2 Å². The van der Waals surface area contributed by atoms with Gasteiger partial charge in [-0.15, -0.1) is 0 Å². The maximum atomic E-state index is 12.9. The average molecular weight is 399 g/mol. The van der Waals surface area contributed by atoms with Gasteiger partial charge in [0.1, 0.15) is 6.54 Å². The Morgan fingerprint density at radius 2 is 1.81 bits per heavy atom. The van der Waals surface area contributed by atoms with Crippen LogP contribution in [0.4, 0.5) is 18.9 Å². The maximum absolute atomic E-state index is 12.9. The molecule has 0 bridgehead atoms. The first-order valence-corrected chi connectivity index (χ1v) is 8.51. The molecule has 2 amide bonds. The van der Waals surface area contributed by atoms with Crippen molar-refractivity contribution in [2.24, 2.45) is 0 Å². The second-order valence-electron chi connectivity index (χ2n) is 5.88. The van der Waals surface area contributed by atoms with Gasteiger partial charge in [-0.05, 0) is 42.3 Å². The van der Waals surface area contributed by atoms with Crippen LogP contribution in [0.5, 0.6) is 0 Å². The SMILES string of the molecule is CC(=O)N(CC(=O)NCCc1cccc(Cl)c1)c1cccc(C(F)(F)F)c1. The molecule has 2 aromatic carbocycles. The standard InChI is InChI=1S/C19H18ClF3N2O2/c1-13(26)25(17-7-3-5-15(11-17)19(21,22)23)12-18(27)24-9-8-14-4-2-6-16(20)10-14/h2-7,10-11H,8-9,12H2,1H3,(H,24,27). The van der Waals surface area contributed by atoms with E-state index in [-0.39, 0.29) is 12.2 Å². The van der Waals surface area contributed by atoms with E-state index < -0.39 is 23.6 Å². The number of carbonyl (C=O) groups is 2. The molecule has 0 aliphatic heterocycles. The third-order valence-electron chi connectivity index (χ3n) is 3.79. The van der Waals surface area contributed by atoms with Crippen molar-refractivity contribution in [3.63, 3.8) is 0 Å². The smallest absolute Gasteiger partial charge is 0.354 e. The van der Waals surface area contributed by atoms with E-state index in [1.165, 1.54) is 19.1 Å². The number of halogens is 4. The Labute approximate surface area is 159 Å². The number of carbonyl (C=O) groups excluding carboxylic acids is 2. The van der Waals surface area contributed by atoms with Crippen molar-refractivity contribution in [2.45, 2.75) is 19.5 Å². The van der Waals surface area contributed by atoms with Gasteiger partial charge >= 0.3 is 6.18 Å². The molecule has 2 aromatic rings. The van der Waals surface area contributed by atoms with Crippen molar-refractivity contribution in [1.29, 1.82) is 0 Å². The molecular formula is C19H18ClF3N2O2. The van der Waals surface area contributed by atoms with Gasteiger partial charge in [0.05, 0.1) is 5.56 Å². The van der Waals surface area contributed by atoms with Crippen LogP contribution in [0.15, 0.2) is 48.5 Å². The van der Waals surface area contributed by atoms with Gasteiger partial charge in [0.15, 0.2) is 0 Å². The van der Waals surface area contributed by atoms with E-state index in [9.17, 15) is 22.8 Å². The molecule has 1 N–H and O–H groups in total. The topological polar surface area (TPSA) is 49.4 Å². The van der Waals surface area contributed by atoms with Crippen LogP contribution in [0.3, 0.4) is 0 Å². The Balaban J connectivity index is 1.99. The first-order chi connectivity index (χ1) is 12.7. The number of anilines is 1. The zero-order chi connectivity index (χ0) is 20.0. The van der Waals surface area contributed by atoms with Crippen LogP contribution in [0.1, 0.15) is 18.1 Å². The minimum Gasteiger partial charge on any atom is -0.354 e. The lowest BCUT2D eigenvalue weighted by molar-refractivity contribution is -0.137. The predicted molar refractivity (Wildman–Crippen MR) is 97.6 cm³/mol. The van der Waals surface area contributed by atoms with Crippen molar-refractivity contribution < 1.29 is 22.8 Å². The van der Waals surface area contributed by atoms with E-state index in [0.717, 1.165) is 22.6 Å². The number of hydrogen-bond donors (Lipinski definition) is 1. The largest absolute Gasteiger partial charge is 0.416 e. The molecule has 0 unspecified atom stereocenters. The molecule has 0 atom stereocenters. The molecule has 144 valence electrons. The van der Waals surface area contributed by atoms with Crippen LogP contribution in [0.25, 0.3) is 0 Å². The Hall–Kier alpha value is -2.54. The van der Waals surface area contributed by atoms with Gasteiger partial charge in [-0.3, -0.25) is 9.59 Å². The zero-order valence-electron chi connectivity index (χ0n) is 14.5. The molecule has 0 spiro atoms. The van der Waals surface area contributed by atoms with Gasteiger partial charge in [0.2, 0.25) is 11.8 Å². The van der Waals surface area contributed by atoms with Crippen LogP contribution in [0, 0.1) is 0 Å². The minimum absolute atomic E-state index is 0.0160. The van der Waals surface area contributed by atoms with Crippen LogP contribution in [-0.4, -0.2) is 24.9 Å². The highest BCUT2D eigenvalue weighted by Gasteiger charge is 2.31. The molecule has 0 heterocycles. The summed E-state index contributed by atoms with van der Waals surface area (Å²) in [6.07, 6.45) is -3.99. The monoisotopic (exact) mass is 398 g/mol. The first kappa shape index (κ1) is 20.8. The third kappa shape index (κ3) is 6.29. The van der Waals surface area contributed by atoms with Gasteiger partial charge in [-0.25, -0.2) is 0 Å². The Morgan fingerprint density at radius 3 is 2.44 bits per heavy atom. The molecule has 0 aromatic heterocycles. The summed E-state index contributed by atoms with van der Waals surface area (Å²) in [6.45, 7) is 1.14. The van der Waals surface area contributed by atoms with Crippen LogP contribution in [0.2, 0.25) is 5.02 Å². The molecule has 0 saturated heterocycles. The van der Waals surface area contributed by atoms with Crippen LogP contribution in [-0.2, 0) is 22.2 Å². The molecule has 0 saturated carbocycles. The summed E-state index contributed by atoms with van der Waals surface area (Å²) < 4.78 is 38.6. The van der Waals surface area contributed by atoms with Gasteiger partial charge < -0.3 is 10.2 Å². The highest BCUT2D eigenvalue weighted by molar-refractivity contribution is 6.30. The Kier molecular flexibility index (Phi) is 6.85. The van der Waals surface area contributed by atoms with E-state index in [4.69, 9.17) is 11.6 Å². The number of alkyl halides is 3. The van der Waals surface area contributed by atoms with Gasteiger partial charge in [0, 0.05) is 24.2 Å². The van der Waals surface area contributed by atoms with E-state index in [1.807, 2.05) is 6.07 Å². The third-order valence-corrected chi connectivity index (χ3v) is 4.03. The van der Waals surface area contributed by atoms with E-state index in [0.29, 0.717) is 18.0 Å². The fourth-order valence-corrected chi connectivity index (χ4v) is 2.69. The molecule has 0 aliphatic rings. The van der Waals surface area contributed by atoms with Crippen LogP contribution >= 0.6 is 11.6 Å². The van der Waals surface area contributed by atoms with E-state index in [2.05, 4.69) is 5.32 Å². The number of benzene rings is 2. The number of rotatable bonds is 6. The summed E-state index contributed by atoms with van der Waals surface area (Å²) in [5.41, 5.74) is 0.0685. The highest BCUT2D eigenvalue weighted by Crippen LogP contribution is 2.31. The highest BCUT2D eigenvalue weighted by atomic mass is 35.5. The van der Waals surface area contributed by atoms with Gasteiger partial charge in [-0.1, -0.05) is 29.8 Å². The molecule has 0 aliphatic carbocycles. The van der Waals surface area contributed by atoms with Crippen molar-refractivity contribution in [2.75, 3.05) is 18.0 Å². The Morgan fingerprint density at radius 1 is 1.11 bits per heavy atom. The lowest BCUT2D eigenvalue weighted by Gasteiger charge is -2.21. The number of hydrogen-bond acceptors (Lipinski definition) is 2. The van der Waals surface area contributed by atoms with Crippen molar-refractivity contribution in [3.8, 4) is 0 Å². The average Bonchev–Trinajstić information content (AvgIpc) is 2.59. The van der Waals surface area contributed by atoms with Gasteiger partial charge in [-0.2, -0.15) is 13.2 Å². The van der Waals surface area contributed by atoms with Crippen molar-refractivity contribution in [3.05, 3.63) is 64.7 Å². The molecule has 4 nitrogen and oxygen atoms in total. The summed E-state index contributed by atoms with van der Waals surface area (Å²) in [5.74, 6) is -0.996.